The average molecular weight is 428 g/mol. The van der Waals surface area contributed by atoms with E-state index in [4.69, 9.17) is 0 Å². The number of aromatic amines is 2. The van der Waals surface area contributed by atoms with Crippen LogP contribution in [0.2, 0.25) is 0 Å². The summed E-state index contributed by atoms with van der Waals surface area (Å²) < 4.78 is 53.0. The quantitative estimate of drug-likeness (QED) is 0.534. The highest BCUT2D eigenvalue weighted by Gasteiger charge is 2.26. The summed E-state index contributed by atoms with van der Waals surface area (Å²) in [5.74, 6) is 0. The van der Waals surface area contributed by atoms with Gasteiger partial charge in [-0.1, -0.05) is 12.1 Å². The van der Waals surface area contributed by atoms with Gasteiger partial charge in [0.25, 0.3) is 5.56 Å². The number of aromatic nitrogens is 2. The van der Waals surface area contributed by atoms with Crippen molar-refractivity contribution in [2.24, 2.45) is 0 Å². The van der Waals surface area contributed by atoms with E-state index in [1.165, 1.54) is 16.4 Å². The van der Waals surface area contributed by atoms with Gasteiger partial charge in [0, 0.05) is 25.8 Å². The van der Waals surface area contributed by atoms with E-state index in [9.17, 15) is 26.4 Å². The van der Waals surface area contributed by atoms with E-state index >= 15 is 0 Å². The molecule has 12 heteroatoms. The lowest BCUT2D eigenvalue weighted by molar-refractivity contribution is 0.477. The zero-order chi connectivity index (χ0) is 20.4. The Morgan fingerprint density at radius 2 is 1.64 bits per heavy atom. The van der Waals surface area contributed by atoms with Gasteiger partial charge in [0.15, 0.2) is 4.90 Å². The van der Waals surface area contributed by atoms with Gasteiger partial charge in [-0.05, 0) is 37.0 Å². The van der Waals surface area contributed by atoms with E-state index in [1.807, 2.05) is 4.98 Å². The largest absolute Gasteiger partial charge is 0.325 e. The summed E-state index contributed by atoms with van der Waals surface area (Å²) >= 11 is 0. The Labute approximate surface area is 161 Å². The van der Waals surface area contributed by atoms with E-state index in [2.05, 4.69) is 9.71 Å². The van der Waals surface area contributed by atoms with Gasteiger partial charge in [-0.3, -0.25) is 9.78 Å². The molecule has 0 aliphatic carbocycles. The van der Waals surface area contributed by atoms with Crippen molar-refractivity contribution in [2.45, 2.75) is 29.1 Å². The van der Waals surface area contributed by atoms with E-state index in [-0.39, 0.29) is 11.4 Å². The van der Waals surface area contributed by atoms with Gasteiger partial charge in [-0.15, -0.1) is 0 Å². The Hall–Kier alpha value is -2.28. The molecule has 1 aliphatic heterocycles. The fourth-order valence-electron chi connectivity index (χ4n) is 2.91. The molecule has 152 valence electrons. The maximum Gasteiger partial charge on any atom is 0.325 e. The summed E-state index contributed by atoms with van der Waals surface area (Å²) in [5.41, 5.74) is -1.07. The third kappa shape index (κ3) is 4.41. The number of hydrogen-bond acceptors (Lipinski definition) is 6. The Kier molecular flexibility index (Phi) is 5.84. The number of nitrogens with one attached hydrogen (secondary N) is 3. The first-order valence-electron chi connectivity index (χ1n) is 8.61. The van der Waals surface area contributed by atoms with Gasteiger partial charge in [-0.2, -0.15) is 4.31 Å². The van der Waals surface area contributed by atoms with Crippen LogP contribution in [-0.4, -0.2) is 50.7 Å². The molecule has 1 saturated heterocycles. The summed E-state index contributed by atoms with van der Waals surface area (Å²) in [5, 5.41) is 0. The van der Waals surface area contributed by atoms with Crippen LogP contribution < -0.4 is 16.0 Å². The van der Waals surface area contributed by atoms with Crippen molar-refractivity contribution in [3.05, 3.63) is 56.9 Å². The van der Waals surface area contributed by atoms with Crippen LogP contribution in [0.3, 0.4) is 0 Å². The van der Waals surface area contributed by atoms with E-state index < -0.39 is 36.2 Å². The highest BCUT2D eigenvalue weighted by Crippen LogP contribution is 2.21. The smallest absolute Gasteiger partial charge is 0.313 e. The normalized spacial score (nSPS) is 15.7. The van der Waals surface area contributed by atoms with Gasteiger partial charge in [0.1, 0.15) is 0 Å². The van der Waals surface area contributed by atoms with Crippen LogP contribution in [0, 0.1) is 0 Å². The van der Waals surface area contributed by atoms with Gasteiger partial charge < -0.3 is 4.98 Å². The first-order valence-corrected chi connectivity index (χ1v) is 11.5. The average Bonchev–Trinajstić information content (AvgIpc) is 3.17. The number of rotatable bonds is 7. The van der Waals surface area contributed by atoms with Crippen molar-refractivity contribution in [1.29, 1.82) is 0 Å². The third-order valence-corrected chi connectivity index (χ3v) is 7.79. The van der Waals surface area contributed by atoms with Crippen LogP contribution in [0.5, 0.6) is 0 Å². The van der Waals surface area contributed by atoms with Crippen molar-refractivity contribution >= 4 is 20.0 Å². The summed E-state index contributed by atoms with van der Waals surface area (Å²) in [6.07, 6.45) is 2.84. The van der Waals surface area contributed by atoms with Crippen molar-refractivity contribution in [2.75, 3.05) is 19.6 Å². The number of H-pyrrole nitrogens is 2. The summed E-state index contributed by atoms with van der Waals surface area (Å²) in [7, 11) is -7.58. The van der Waals surface area contributed by atoms with Gasteiger partial charge in [0.05, 0.1) is 4.90 Å². The van der Waals surface area contributed by atoms with E-state index in [0.29, 0.717) is 19.5 Å². The SMILES string of the molecule is O=c1[nH]cc(S(=O)(=O)NCCc2ccc(S(=O)(=O)N3CCCC3)cc2)c(=O)[nH]1. The molecule has 0 unspecified atom stereocenters. The second kappa shape index (κ2) is 7.99. The maximum absolute atomic E-state index is 12.5. The third-order valence-electron chi connectivity index (χ3n) is 4.41. The molecule has 3 N–H and O–H groups in total. The molecular formula is C16H20N4O6S2. The molecule has 0 atom stereocenters. The minimum atomic E-state index is -4.09. The van der Waals surface area contributed by atoms with Crippen LogP contribution in [0.1, 0.15) is 18.4 Å². The summed E-state index contributed by atoms with van der Waals surface area (Å²) in [6, 6.07) is 6.27. The topological polar surface area (TPSA) is 149 Å². The second-order valence-corrected chi connectivity index (χ2v) is 10.0. The number of hydrogen-bond donors (Lipinski definition) is 3. The highest BCUT2D eigenvalue weighted by molar-refractivity contribution is 7.89. The molecule has 3 rings (SSSR count). The molecule has 0 radical (unpaired) electrons. The first-order chi connectivity index (χ1) is 13.2. The van der Waals surface area contributed by atoms with Gasteiger partial charge in [0.2, 0.25) is 20.0 Å². The van der Waals surface area contributed by atoms with Crippen molar-refractivity contribution in [3.8, 4) is 0 Å². The van der Waals surface area contributed by atoms with Crippen molar-refractivity contribution in [3.63, 3.8) is 0 Å². The molecular weight excluding hydrogens is 408 g/mol. The monoisotopic (exact) mass is 428 g/mol. The van der Waals surface area contributed by atoms with Crippen LogP contribution >= 0.6 is 0 Å². The fraction of sp³-hybridized carbons (Fsp3) is 0.375. The zero-order valence-electron chi connectivity index (χ0n) is 14.8. The van der Waals surface area contributed by atoms with Crippen LogP contribution in [0.25, 0.3) is 0 Å². The molecule has 0 bridgehead atoms. The molecule has 0 spiro atoms. The number of nitrogens with zero attached hydrogens (tertiary/aromatic N) is 1. The predicted molar refractivity (Wildman–Crippen MR) is 101 cm³/mol. The molecule has 28 heavy (non-hydrogen) atoms. The van der Waals surface area contributed by atoms with Crippen molar-refractivity contribution < 1.29 is 16.8 Å². The maximum atomic E-state index is 12.5. The van der Waals surface area contributed by atoms with Crippen LogP contribution in [-0.2, 0) is 26.5 Å². The van der Waals surface area contributed by atoms with Gasteiger partial charge in [-0.25, -0.2) is 26.4 Å². The Morgan fingerprint density at radius 3 is 2.25 bits per heavy atom. The molecule has 2 aromatic rings. The molecule has 10 nitrogen and oxygen atoms in total. The standard InChI is InChI=1S/C16H20N4O6S2/c21-15-14(11-17-16(22)19-15)27(23,24)18-8-7-12-3-5-13(6-4-12)28(25,26)20-9-1-2-10-20/h3-6,11,18H,1-2,7-10H2,(H2,17,19,21,22). The lowest BCUT2D eigenvalue weighted by Gasteiger charge is -2.15. The Balaban J connectivity index is 1.64. The van der Waals surface area contributed by atoms with E-state index in [1.54, 1.807) is 12.1 Å². The number of sulfonamides is 2. The Morgan fingerprint density at radius 1 is 1.00 bits per heavy atom. The minimum Gasteiger partial charge on any atom is -0.313 e. The predicted octanol–water partition coefficient (Wildman–Crippen LogP) is -0.631. The molecule has 0 saturated carbocycles. The van der Waals surface area contributed by atoms with Gasteiger partial charge >= 0.3 is 5.69 Å². The lowest BCUT2D eigenvalue weighted by atomic mass is 10.2. The summed E-state index contributed by atoms with van der Waals surface area (Å²) in [6.45, 7) is 1.05. The molecule has 1 aliphatic rings. The fourth-order valence-corrected chi connectivity index (χ4v) is 5.46. The molecule has 0 amide bonds. The summed E-state index contributed by atoms with van der Waals surface area (Å²) in [4.78, 5) is 26.2. The number of benzene rings is 1. The minimum absolute atomic E-state index is 0.000872. The highest BCUT2D eigenvalue weighted by atomic mass is 32.2. The zero-order valence-corrected chi connectivity index (χ0v) is 16.5. The Bertz CT molecular complexity index is 1160. The van der Waals surface area contributed by atoms with Crippen LogP contribution in [0.4, 0.5) is 0 Å². The molecule has 1 aromatic heterocycles. The van der Waals surface area contributed by atoms with Crippen LogP contribution in [0.15, 0.2) is 49.8 Å². The molecule has 2 heterocycles. The molecule has 1 aromatic carbocycles. The van der Waals surface area contributed by atoms with E-state index in [0.717, 1.165) is 24.6 Å². The molecule has 1 fully saturated rings. The second-order valence-electron chi connectivity index (χ2n) is 6.34. The van der Waals surface area contributed by atoms with Crippen molar-refractivity contribution in [1.82, 2.24) is 19.0 Å². The first kappa shape index (κ1) is 20.5. The lowest BCUT2D eigenvalue weighted by Crippen LogP contribution is -2.34.